The van der Waals surface area contributed by atoms with Crippen molar-refractivity contribution in [3.8, 4) is 5.75 Å². The second-order valence-corrected chi connectivity index (χ2v) is 6.63. The number of ketones is 1. The minimum atomic E-state index is -0.521. The van der Waals surface area contributed by atoms with Crippen molar-refractivity contribution >= 4 is 22.4 Å². The summed E-state index contributed by atoms with van der Waals surface area (Å²) in [5.74, 6) is 0.0501. The number of anilines is 1. The van der Waals surface area contributed by atoms with E-state index < -0.39 is 11.2 Å². The molecule has 0 aliphatic heterocycles. The predicted molar refractivity (Wildman–Crippen MR) is 91.2 cm³/mol. The highest BCUT2D eigenvalue weighted by Crippen LogP contribution is 2.45. The molecule has 3 aromatic rings. The Morgan fingerprint density at radius 2 is 1.96 bits per heavy atom. The van der Waals surface area contributed by atoms with Crippen LogP contribution in [0.25, 0.3) is 10.9 Å². The number of halogens is 1. The lowest BCUT2D eigenvalue weighted by molar-refractivity contribution is 0.103. The van der Waals surface area contributed by atoms with Gasteiger partial charge in [0.1, 0.15) is 5.75 Å². The summed E-state index contributed by atoms with van der Waals surface area (Å²) in [5, 5.41) is 0.566. The van der Waals surface area contributed by atoms with Crippen LogP contribution in [0.5, 0.6) is 5.75 Å². The number of benzene rings is 2. The van der Waals surface area contributed by atoms with E-state index in [4.69, 9.17) is 10.5 Å². The molecular weight excluding hydrogens is 307 g/mol. The van der Waals surface area contributed by atoms with Crippen molar-refractivity contribution in [2.75, 3.05) is 12.8 Å². The van der Waals surface area contributed by atoms with Crippen molar-refractivity contribution in [1.29, 1.82) is 0 Å². The third kappa shape index (κ3) is 1.69. The number of aromatic nitrogens is 1. The molecule has 1 aliphatic rings. The largest absolute Gasteiger partial charge is 0.497 e. The number of carbonyl (C=O) groups is 1. The number of nitrogens with one attached hydrogen (secondary N) is 1. The molecule has 122 valence electrons. The Kier molecular flexibility index (Phi) is 2.83. The standard InChI is InChI=1S/C19H17FN2O2/c1-19(2)12-8-9(24-3)4-5-10(12)17(23)14-11-6-7-13(21)15(20)16(11)22-18(14)19/h4-8,22H,21H2,1-3H3. The van der Waals surface area contributed by atoms with E-state index in [1.807, 2.05) is 19.9 Å². The number of nitrogen functional groups attached to an aromatic ring is 1. The Hall–Kier alpha value is -2.82. The van der Waals surface area contributed by atoms with Gasteiger partial charge in [0.05, 0.1) is 23.9 Å². The highest BCUT2D eigenvalue weighted by atomic mass is 19.1. The van der Waals surface area contributed by atoms with E-state index in [9.17, 15) is 9.18 Å². The summed E-state index contributed by atoms with van der Waals surface area (Å²) in [6, 6.07) is 8.60. The third-order valence-corrected chi connectivity index (χ3v) is 4.94. The van der Waals surface area contributed by atoms with Crippen LogP contribution >= 0.6 is 0 Å². The molecule has 1 aliphatic carbocycles. The Morgan fingerprint density at radius 1 is 1.21 bits per heavy atom. The van der Waals surface area contributed by atoms with Crippen LogP contribution in [0.2, 0.25) is 0 Å². The van der Waals surface area contributed by atoms with Crippen LogP contribution < -0.4 is 10.5 Å². The molecule has 1 aromatic heterocycles. The van der Waals surface area contributed by atoms with Gasteiger partial charge >= 0.3 is 0 Å². The summed E-state index contributed by atoms with van der Waals surface area (Å²) in [7, 11) is 1.59. The van der Waals surface area contributed by atoms with E-state index >= 15 is 0 Å². The number of H-pyrrole nitrogens is 1. The molecule has 0 bridgehead atoms. The predicted octanol–water partition coefficient (Wildman–Crippen LogP) is 3.77. The van der Waals surface area contributed by atoms with Gasteiger partial charge in [0.2, 0.25) is 0 Å². The number of nitrogens with two attached hydrogens (primary N) is 1. The number of methoxy groups -OCH3 is 1. The monoisotopic (exact) mass is 324 g/mol. The van der Waals surface area contributed by atoms with Crippen LogP contribution in [0.1, 0.15) is 41.0 Å². The van der Waals surface area contributed by atoms with Crippen LogP contribution in [0.15, 0.2) is 30.3 Å². The van der Waals surface area contributed by atoms with Crippen molar-refractivity contribution in [1.82, 2.24) is 4.98 Å². The number of hydrogen-bond donors (Lipinski definition) is 2. The molecule has 0 unspecified atom stereocenters. The van der Waals surface area contributed by atoms with Gasteiger partial charge in [-0.3, -0.25) is 4.79 Å². The van der Waals surface area contributed by atoms with E-state index in [1.165, 1.54) is 6.07 Å². The quantitative estimate of drug-likeness (QED) is 0.670. The number of hydrogen-bond acceptors (Lipinski definition) is 3. The highest BCUT2D eigenvalue weighted by Gasteiger charge is 2.40. The van der Waals surface area contributed by atoms with Gasteiger partial charge in [0.25, 0.3) is 0 Å². The zero-order valence-electron chi connectivity index (χ0n) is 13.7. The maximum atomic E-state index is 14.4. The van der Waals surface area contributed by atoms with E-state index in [0.29, 0.717) is 28.0 Å². The molecule has 4 nitrogen and oxygen atoms in total. The van der Waals surface area contributed by atoms with Gasteiger partial charge in [-0.2, -0.15) is 0 Å². The Bertz CT molecular complexity index is 1020. The van der Waals surface area contributed by atoms with E-state index in [-0.39, 0.29) is 17.0 Å². The third-order valence-electron chi connectivity index (χ3n) is 4.94. The minimum absolute atomic E-state index is 0.0607. The number of carbonyl (C=O) groups excluding carboxylic acids is 1. The fourth-order valence-electron chi connectivity index (χ4n) is 3.58. The van der Waals surface area contributed by atoms with Gasteiger partial charge in [-0.25, -0.2) is 4.39 Å². The molecule has 0 spiro atoms. The van der Waals surface area contributed by atoms with Crippen LogP contribution in [0.3, 0.4) is 0 Å². The number of ether oxygens (including phenoxy) is 1. The number of fused-ring (bicyclic) bond motifs is 4. The molecule has 1 heterocycles. The Morgan fingerprint density at radius 3 is 2.67 bits per heavy atom. The minimum Gasteiger partial charge on any atom is -0.497 e. The lowest BCUT2D eigenvalue weighted by Crippen LogP contribution is -2.30. The summed E-state index contributed by atoms with van der Waals surface area (Å²) in [6.07, 6.45) is 0. The van der Waals surface area contributed by atoms with Crippen molar-refractivity contribution < 1.29 is 13.9 Å². The van der Waals surface area contributed by atoms with Crippen molar-refractivity contribution in [2.24, 2.45) is 0 Å². The molecule has 24 heavy (non-hydrogen) atoms. The second kappa shape index (κ2) is 4.60. The molecule has 0 saturated heterocycles. The van der Waals surface area contributed by atoms with Gasteiger partial charge in [0.15, 0.2) is 11.6 Å². The average Bonchev–Trinajstić information content (AvgIpc) is 2.97. The lowest BCUT2D eigenvalue weighted by Gasteiger charge is -2.32. The Balaban J connectivity index is 2.10. The van der Waals surface area contributed by atoms with Gasteiger partial charge in [-0.1, -0.05) is 13.8 Å². The van der Waals surface area contributed by atoms with Gasteiger partial charge in [0, 0.05) is 22.1 Å². The average molecular weight is 324 g/mol. The smallest absolute Gasteiger partial charge is 0.195 e. The Labute approximate surface area is 138 Å². The van der Waals surface area contributed by atoms with Crippen molar-refractivity contribution in [2.45, 2.75) is 19.3 Å². The van der Waals surface area contributed by atoms with E-state index in [1.54, 1.807) is 25.3 Å². The molecule has 0 atom stereocenters. The van der Waals surface area contributed by atoms with Gasteiger partial charge in [-0.05, 0) is 35.9 Å². The van der Waals surface area contributed by atoms with Crippen LogP contribution in [0.4, 0.5) is 10.1 Å². The maximum Gasteiger partial charge on any atom is 0.195 e. The summed E-state index contributed by atoms with van der Waals surface area (Å²) < 4.78 is 19.7. The lowest BCUT2D eigenvalue weighted by atomic mass is 9.71. The van der Waals surface area contributed by atoms with Crippen molar-refractivity contribution in [3.05, 3.63) is 58.5 Å². The molecule has 0 fully saturated rings. The fraction of sp³-hybridized carbons (Fsp3) is 0.211. The van der Waals surface area contributed by atoms with E-state index in [0.717, 1.165) is 5.56 Å². The van der Waals surface area contributed by atoms with Crippen molar-refractivity contribution in [3.63, 3.8) is 0 Å². The molecule has 3 N–H and O–H groups in total. The first-order valence-corrected chi connectivity index (χ1v) is 7.69. The molecular formula is C19H17FN2O2. The topological polar surface area (TPSA) is 68.1 Å². The molecule has 4 rings (SSSR count). The normalized spacial score (nSPS) is 15.2. The number of rotatable bonds is 1. The second-order valence-electron chi connectivity index (χ2n) is 6.63. The summed E-state index contributed by atoms with van der Waals surface area (Å²) >= 11 is 0. The van der Waals surface area contributed by atoms with Gasteiger partial charge < -0.3 is 15.5 Å². The summed E-state index contributed by atoms with van der Waals surface area (Å²) in [6.45, 7) is 4.01. The maximum absolute atomic E-state index is 14.4. The van der Waals surface area contributed by atoms with Crippen LogP contribution in [-0.4, -0.2) is 17.9 Å². The molecule has 0 saturated carbocycles. The number of aromatic amines is 1. The summed E-state index contributed by atoms with van der Waals surface area (Å²) in [4.78, 5) is 16.2. The zero-order valence-corrected chi connectivity index (χ0v) is 13.7. The van der Waals surface area contributed by atoms with Crippen LogP contribution in [0, 0.1) is 5.82 Å². The van der Waals surface area contributed by atoms with E-state index in [2.05, 4.69) is 4.98 Å². The highest BCUT2D eigenvalue weighted by molar-refractivity contribution is 6.20. The van der Waals surface area contributed by atoms with Crippen LogP contribution in [-0.2, 0) is 5.41 Å². The molecule has 2 aromatic carbocycles. The zero-order chi connectivity index (χ0) is 17.2. The molecule has 5 heteroatoms. The van der Waals surface area contributed by atoms with Gasteiger partial charge in [-0.15, -0.1) is 0 Å². The molecule has 0 radical (unpaired) electrons. The summed E-state index contributed by atoms with van der Waals surface area (Å²) in [5.41, 5.74) is 8.22. The first kappa shape index (κ1) is 14.8. The molecule has 0 amide bonds. The first-order chi connectivity index (χ1) is 11.4. The SMILES string of the molecule is COc1ccc2c(c1)C(C)(C)c1[nH]c3c(F)c(N)ccc3c1C2=O. The fourth-order valence-corrected chi connectivity index (χ4v) is 3.58. The first-order valence-electron chi connectivity index (χ1n) is 7.69.